The number of rotatable bonds is 3. The minimum Gasteiger partial charge on any atom is -0.335 e. The molecule has 0 aliphatic rings. The normalized spacial score (nSPS) is 12.8. The van der Waals surface area contributed by atoms with E-state index in [0.29, 0.717) is 0 Å². The fraction of sp³-hybridized carbons (Fsp3) is 0.750. The Labute approximate surface area is 67.4 Å². The molecule has 0 heterocycles. The van der Waals surface area contributed by atoms with Crippen LogP contribution in [0, 0.1) is 5.92 Å². The summed E-state index contributed by atoms with van der Waals surface area (Å²) in [5, 5.41) is 0. The summed E-state index contributed by atoms with van der Waals surface area (Å²) < 4.78 is 0. The molecule has 0 saturated heterocycles. The van der Waals surface area contributed by atoms with Gasteiger partial charge in [-0.1, -0.05) is 13.8 Å². The van der Waals surface area contributed by atoms with Crippen LogP contribution in [-0.4, -0.2) is 30.2 Å². The van der Waals surface area contributed by atoms with Crippen LogP contribution in [-0.2, 0) is 9.59 Å². The Bertz CT molecular complexity index is 154. The van der Waals surface area contributed by atoms with E-state index in [9.17, 15) is 9.59 Å². The van der Waals surface area contributed by atoms with Crippen molar-refractivity contribution in [3.63, 3.8) is 0 Å². The van der Waals surface area contributed by atoms with Crippen LogP contribution >= 0.6 is 0 Å². The van der Waals surface area contributed by atoms with Crippen LogP contribution in [0.25, 0.3) is 0 Å². The number of hydrogen-bond acceptors (Lipinski definition) is 2. The zero-order valence-electron chi connectivity index (χ0n) is 7.42. The first-order valence-electron chi connectivity index (χ1n) is 3.61. The fourth-order valence-electron chi connectivity index (χ4n) is 0.858. The Balaban J connectivity index is 4.25. The van der Waals surface area contributed by atoms with Crippen molar-refractivity contribution in [2.75, 3.05) is 7.05 Å². The maximum absolute atomic E-state index is 10.8. The molecule has 11 heavy (non-hydrogen) atoms. The Morgan fingerprint density at radius 2 is 1.91 bits per heavy atom. The molecule has 1 radical (unpaired) electrons. The van der Waals surface area contributed by atoms with Crippen molar-refractivity contribution in [1.29, 1.82) is 0 Å². The second-order valence-corrected chi connectivity index (χ2v) is 2.94. The molecule has 0 aromatic heterocycles. The van der Waals surface area contributed by atoms with Gasteiger partial charge in [0.2, 0.25) is 12.2 Å². The lowest BCUT2D eigenvalue weighted by molar-refractivity contribution is -0.129. The quantitative estimate of drug-likeness (QED) is 0.600. The van der Waals surface area contributed by atoms with Gasteiger partial charge in [-0.25, -0.2) is 0 Å². The van der Waals surface area contributed by atoms with Crippen molar-refractivity contribution in [1.82, 2.24) is 4.90 Å². The summed E-state index contributed by atoms with van der Waals surface area (Å²) in [6.45, 7) is 5.21. The fourth-order valence-corrected chi connectivity index (χ4v) is 0.858. The predicted octanol–water partition coefficient (Wildman–Crippen LogP) is 0.599. The van der Waals surface area contributed by atoms with E-state index in [4.69, 9.17) is 0 Å². The number of amides is 1. The predicted molar refractivity (Wildman–Crippen MR) is 42.8 cm³/mol. The van der Waals surface area contributed by atoms with Gasteiger partial charge >= 0.3 is 0 Å². The van der Waals surface area contributed by atoms with E-state index < -0.39 is 6.04 Å². The van der Waals surface area contributed by atoms with Gasteiger partial charge in [0, 0.05) is 14.0 Å². The molecule has 0 rings (SSSR count). The van der Waals surface area contributed by atoms with Gasteiger partial charge in [-0.05, 0) is 5.92 Å². The second kappa shape index (κ2) is 4.11. The highest BCUT2D eigenvalue weighted by Crippen LogP contribution is 2.05. The molecule has 63 valence electrons. The highest BCUT2D eigenvalue weighted by molar-refractivity contribution is 5.77. The summed E-state index contributed by atoms with van der Waals surface area (Å²) in [6.07, 6.45) is 1.84. The smallest absolute Gasteiger partial charge is 0.223 e. The molecule has 3 heteroatoms. The third-order valence-corrected chi connectivity index (χ3v) is 1.67. The average molecular weight is 156 g/mol. The van der Waals surface area contributed by atoms with Crippen LogP contribution < -0.4 is 0 Å². The molecule has 0 saturated carbocycles. The Kier molecular flexibility index (Phi) is 3.79. The SMILES string of the molecule is CC(=O)N(C)[C@H]([C]=O)C(C)C. The van der Waals surface area contributed by atoms with Crippen molar-refractivity contribution < 1.29 is 9.59 Å². The topological polar surface area (TPSA) is 37.4 Å². The van der Waals surface area contributed by atoms with Crippen molar-refractivity contribution in [2.45, 2.75) is 26.8 Å². The standard InChI is InChI=1S/C8H14NO2/c1-6(2)8(5-10)9(4)7(3)11/h6,8H,1-4H3/t8-/m1/s1. The molecule has 0 fully saturated rings. The maximum atomic E-state index is 10.8. The molecular formula is C8H14NO2. The molecule has 0 unspecified atom stereocenters. The second-order valence-electron chi connectivity index (χ2n) is 2.94. The van der Waals surface area contributed by atoms with E-state index >= 15 is 0 Å². The summed E-state index contributed by atoms with van der Waals surface area (Å²) in [5.41, 5.74) is 0. The van der Waals surface area contributed by atoms with Crippen LogP contribution in [0.2, 0.25) is 0 Å². The van der Waals surface area contributed by atoms with E-state index in [2.05, 4.69) is 0 Å². The molecule has 0 N–H and O–H groups in total. The van der Waals surface area contributed by atoms with Crippen molar-refractivity contribution in [2.24, 2.45) is 5.92 Å². The Morgan fingerprint density at radius 1 is 1.45 bits per heavy atom. The lowest BCUT2D eigenvalue weighted by atomic mass is 10.1. The third kappa shape index (κ3) is 2.70. The van der Waals surface area contributed by atoms with E-state index in [1.807, 2.05) is 20.1 Å². The van der Waals surface area contributed by atoms with E-state index in [1.54, 1.807) is 7.05 Å². The van der Waals surface area contributed by atoms with Crippen molar-refractivity contribution in [3.05, 3.63) is 0 Å². The van der Waals surface area contributed by atoms with Crippen LogP contribution in [0.4, 0.5) is 0 Å². The van der Waals surface area contributed by atoms with Gasteiger partial charge in [0.1, 0.15) is 6.04 Å². The summed E-state index contributed by atoms with van der Waals surface area (Å²) in [7, 11) is 1.61. The van der Waals surface area contributed by atoms with Crippen LogP contribution in [0.15, 0.2) is 0 Å². The third-order valence-electron chi connectivity index (χ3n) is 1.67. The summed E-state index contributed by atoms with van der Waals surface area (Å²) in [4.78, 5) is 22.6. The number of nitrogens with zero attached hydrogens (tertiary/aromatic N) is 1. The van der Waals surface area contributed by atoms with Gasteiger partial charge in [-0.15, -0.1) is 0 Å². The van der Waals surface area contributed by atoms with Crippen molar-refractivity contribution in [3.8, 4) is 0 Å². The largest absolute Gasteiger partial charge is 0.335 e. The Hall–Kier alpha value is -0.860. The van der Waals surface area contributed by atoms with E-state index in [0.717, 1.165) is 0 Å². The zero-order valence-corrected chi connectivity index (χ0v) is 7.42. The monoisotopic (exact) mass is 156 g/mol. The molecule has 3 nitrogen and oxygen atoms in total. The minimum atomic E-state index is -0.410. The molecule has 0 aliphatic heterocycles. The summed E-state index contributed by atoms with van der Waals surface area (Å²) >= 11 is 0. The summed E-state index contributed by atoms with van der Waals surface area (Å²) in [6, 6.07) is -0.410. The van der Waals surface area contributed by atoms with Gasteiger partial charge in [-0.3, -0.25) is 9.59 Å². The van der Waals surface area contributed by atoms with E-state index in [-0.39, 0.29) is 11.8 Å². The summed E-state index contributed by atoms with van der Waals surface area (Å²) in [5.74, 6) is 0.0217. The number of likely N-dealkylation sites (N-methyl/N-ethyl adjacent to an activating group) is 1. The van der Waals surface area contributed by atoms with Gasteiger partial charge in [-0.2, -0.15) is 0 Å². The molecule has 0 aliphatic carbocycles. The minimum absolute atomic E-state index is 0.105. The zero-order chi connectivity index (χ0) is 9.02. The number of carbonyl (C=O) groups excluding carboxylic acids is 2. The van der Waals surface area contributed by atoms with Gasteiger partial charge in [0.05, 0.1) is 0 Å². The van der Waals surface area contributed by atoms with Crippen LogP contribution in [0.3, 0.4) is 0 Å². The maximum Gasteiger partial charge on any atom is 0.223 e. The first-order chi connectivity index (χ1) is 5.00. The molecule has 0 aromatic carbocycles. The lowest BCUT2D eigenvalue weighted by Gasteiger charge is -2.24. The highest BCUT2D eigenvalue weighted by atomic mass is 16.2. The molecule has 0 bridgehead atoms. The van der Waals surface area contributed by atoms with Crippen LogP contribution in [0.1, 0.15) is 20.8 Å². The molecule has 0 spiro atoms. The van der Waals surface area contributed by atoms with Crippen LogP contribution in [0.5, 0.6) is 0 Å². The molecule has 1 amide bonds. The van der Waals surface area contributed by atoms with Gasteiger partial charge in [0.25, 0.3) is 0 Å². The lowest BCUT2D eigenvalue weighted by Crippen LogP contribution is -2.40. The van der Waals surface area contributed by atoms with E-state index in [1.165, 1.54) is 11.8 Å². The van der Waals surface area contributed by atoms with Gasteiger partial charge < -0.3 is 4.90 Å². The first kappa shape index (κ1) is 10.1. The molecule has 1 atom stereocenters. The average Bonchev–Trinajstić information content (AvgIpc) is 1.88. The highest BCUT2D eigenvalue weighted by Gasteiger charge is 2.20. The first-order valence-corrected chi connectivity index (χ1v) is 3.61. The molecule has 0 aromatic rings. The number of hydrogen-bond donors (Lipinski definition) is 0. The van der Waals surface area contributed by atoms with Gasteiger partial charge in [0.15, 0.2) is 0 Å². The van der Waals surface area contributed by atoms with Crippen molar-refractivity contribution >= 4 is 12.2 Å². The Morgan fingerprint density at radius 3 is 2.00 bits per heavy atom. The molecular weight excluding hydrogens is 142 g/mol. The number of carbonyl (C=O) groups is 1.